The van der Waals surface area contributed by atoms with E-state index in [0.717, 1.165) is 22.4 Å². The summed E-state index contributed by atoms with van der Waals surface area (Å²) in [6, 6.07) is 17.3. The second-order valence-corrected chi connectivity index (χ2v) is 6.80. The molecule has 1 aliphatic rings. The van der Waals surface area contributed by atoms with Crippen LogP contribution in [0.5, 0.6) is 0 Å². The summed E-state index contributed by atoms with van der Waals surface area (Å²) in [5.74, 6) is -0.227. The molecule has 4 aromatic rings. The summed E-state index contributed by atoms with van der Waals surface area (Å²) in [7, 11) is 0. The molecule has 1 N–H and O–H groups in total. The first kappa shape index (κ1) is 16.6. The van der Waals surface area contributed by atoms with Crippen LogP contribution in [-0.4, -0.2) is 16.0 Å². The number of carbonyl (C=O) groups is 1. The third kappa shape index (κ3) is 2.84. The molecular weight excluding hydrogens is 354 g/mol. The quantitative estimate of drug-likeness (QED) is 0.574. The SMILES string of the molecule is Cc1noc2nc(-c3ccccc3)cc(C(=O)Nc3ccc4c(c3)COC4)c12. The second-order valence-electron chi connectivity index (χ2n) is 6.80. The van der Waals surface area contributed by atoms with Crippen LogP contribution in [0.15, 0.2) is 59.1 Å². The molecule has 0 radical (unpaired) electrons. The van der Waals surface area contributed by atoms with Gasteiger partial charge in [-0.3, -0.25) is 4.79 Å². The van der Waals surface area contributed by atoms with Crippen LogP contribution in [0.1, 0.15) is 27.2 Å². The maximum absolute atomic E-state index is 13.1. The Kier molecular flexibility index (Phi) is 3.91. The Labute approximate surface area is 161 Å². The Hall–Kier alpha value is -3.51. The molecular formula is C22H17N3O3. The molecule has 0 saturated heterocycles. The highest BCUT2D eigenvalue weighted by atomic mass is 16.5. The van der Waals surface area contributed by atoms with Gasteiger partial charge in [0.15, 0.2) is 0 Å². The van der Waals surface area contributed by atoms with Crippen LogP contribution in [0.2, 0.25) is 0 Å². The monoisotopic (exact) mass is 371 g/mol. The number of aromatic nitrogens is 2. The van der Waals surface area contributed by atoms with Gasteiger partial charge in [0.1, 0.15) is 0 Å². The van der Waals surface area contributed by atoms with Crippen LogP contribution >= 0.6 is 0 Å². The lowest BCUT2D eigenvalue weighted by Crippen LogP contribution is -2.13. The molecule has 138 valence electrons. The van der Waals surface area contributed by atoms with Crippen LogP contribution < -0.4 is 5.32 Å². The van der Waals surface area contributed by atoms with E-state index in [1.807, 2.05) is 48.5 Å². The number of ether oxygens (including phenoxy) is 1. The highest BCUT2D eigenvalue weighted by molar-refractivity contribution is 6.13. The molecule has 5 rings (SSSR count). The average molecular weight is 371 g/mol. The van der Waals surface area contributed by atoms with E-state index in [9.17, 15) is 4.79 Å². The lowest BCUT2D eigenvalue weighted by Gasteiger charge is -2.09. The van der Waals surface area contributed by atoms with Gasteiger partial charge in [0.25, 0.3) is 11.6 Å². The van der Waals surface area contributed by atoms with Crippen molar-refractivity contribution >= 4 is 22.7 Å². The number of pyridine rings is 1. The van der Waals surface area contributed by atoms with Crippen LogP contribution in [0.4, 0.5) is 5.69 Å². The zero-order chi connectivity index (χ0) is 19.1. The van der Waals surface area contributed by atoms with Crippen LogP contribution in [-0.2, 0) is 18.0 Å². The Bertz CT molecular complexity index is 1200. The number of amides is 1. The fourth-order valence-corrected chi connectivity index (χ4v) is 3.48. The first-order valence-corrected chi connectivity index (χ1v) is 9.02. The first-order chi connectivity index (χ1) is 13.7. The summed E-state index contributed by atoms with van der Waals surface area (Å²) < 4.78 is 10.8. The van der Waals surface area contributed by atoms with Crippen molar-refractivity contribution in [1.29, 1.82) is 0 Å². The van der Waals surface area contributed by atoms with Gasteiger partial charge >= 0.3 is 0 Å². The average Bonchev–Trinajstić information content (AvgIpc) is 3.34. The molecule has 0 spiro atoms. The number of carbonyl (C=O) groups excluding carboxylic acids is 1. The van der Waals surface area contributed by atoms with Crippen LogP contribution in [0.25, 0.3) is 22.4 Å². The first-order valence-electron chi connectivity index (χ1n) is 9.02. The van der Waals surface area contributed by atoms with Crippen molar-refractivity contribution in [1.82, 2.24) is 10.1 Å². The molecule has 1 aliphatic heterocycles. The van der Waals surface area contributed by atoms with E-state index < -0.39 is 0 Å². The van der Waals surface area contributed by atoms with Gasteiger partial charge in [0.2, 0.25) is 0 Å². The number of anilines is 1. The Balaban J connectivity index is 1.57. The second kappa shape index (κ2) is 6.58. The zero-order valence-electron chi connectivity index (χ0n) is 15.2. The summed E-state index contributed by atoms with van der Waals surface area (Å²) in [6.45, 7) is 3.00. The van der Waals surface area contributed by atoms with Gasteiger partial charge in [-0.05, 0) is 36.2 Å². The normalized spacial score (nSPS) is 12.9. The Morgan fingerprint density at radius 1 is 1.04 bits per heavy atom. The lowest BCUT2D eigenvalue weighted by molar-refractivity contribution is 0.102. The number of rotatable bonds is 3. The van der Waals surface area contributed by atoms with Gasteiger partial charge in [-0.25, -0.2) is 4.98 Å². The summed E-state index contributed by atoms with van der Waals surface area (Å²) in [6.07, 6.45) is 0. The van der Waals surface area contributed by atoms with E-state index in [1.54, 1.807) is 13.0 Å². The molecule has 0 fully saturated rings. The van der Waals surface area contributed by atoms with Crippen molar-refractivity contribution in [2.45, 2.75) is 20.1 Å². The van der Waals surface area contributed by atoms with E-state index in [4.69, 9.17) is 9.26 Å². The van der Waals surface area contributed by atoms with Gasteiger partial charge in [0.05, 0.1) is 35.6 Å². The van der Waals surface area contributed by atoms with Gasteiger partial charge in [-0.1, -0.05) is 41.6 Å². The van der Waals surface area contributed by atoms with Gasteiger partial charge < -0.3 is 14.6 Å². The van der Waals surface area contributed by atoms with E-state index >= 15 is 0 Å². The predicted molar refractivity (Wildman–Crippen MR) is 105 cm³/mol. The highest BCUT2D eigenvalue weighted by Gasteiger charge is 2.20. The molecule has 3 heterocycles. The predicted octanol–water partition coefficient (Wildman–Crippen LogP) is 4.48. The fraction of sp³-hybridized carbons (Fsp3) is 0.136. The molecule has 0 bridgehead atoms. The smallest absolute Gasteiger partial charge is 0.259 e. The number of aryl methyl sites for hydroxylation is 1. The molecule has 28 heavy (non-hydrogen) atoms. The molecule has 6 heteroatoms. The van der Waals surface area contributed by atoms with Crippen molar-refractivity contribution in [3.05, 3.63) is 77.0 Å². The minimum atomic E-state index is -0.227. The summed E-state index contributed by atoms with van der Waals surface area (Å²) in [4.78, 5) is 17.7. The maximum Gasteiger partial charge on any atom is 0.259 e. The Morgan fingerprint density at radius 2 is 1.86 bits per heavy atom. The molecule has 6 nitrogen and oxygen atoms in total. The largest absolute Gasteiger partial charge is 0.372 e. The third-order valence-electron chi connectivity index (χ3n) is 4.91. The summed E-state index contributed by atoms with van der Waals surface area (Å²) >= 11 is 0. The lowest BCUT2D eigenvalue weighted by atomic mass is 10.0. The molecule has 1 amide bonds. The van der Waals surface area contributed by atoms with Crippen molar-refractivity contribution in [3.8, 4) is 11.3 Å². The molecule has 0 aliphatic carbocycles. The van der Waals surface area contributed by atoms with Crippen molar-refractivity contribution in [2.75, 3.05) is 5.32 Å². The summed E-state index contributed by atoms with van der Waals surface area (Å²) in [5, 5.41) is 7.60. The number of hydrogen-bond donors (Lipinski definition) is 1. The minimum absolute atomic E-state index is 0.227. The number of benzene rings is 2. The molecule has 0 atom stereocenters. The highest BCUT2D eigenvalue weighted by Crippen LogP contribution is 2.28. The number of nitrogens with zero attached hydrogens (tertiary/aromatic N) is 2. The topological polar surface area (TPSA) is 77.2 Å². The summed E-state index contributed by atoms with van der Waals surface area (Å²) in [5.41, 5.74) is 6.03. The van der Waals surface area contributed by atoms with Gasteiger partial charge in [-0.2, -0.15) is 0 Å². The van der Waals surface area contributed by atoms with Crippen molar-refractivity contribution in [3.63, 3.8) is 0 Å². The molecule has 0 saturated carbocycles. The third-order valence-corrected chi connectivity index (χ3v) is 4.91. The van der Waals surface area contributed by atoms with Crippen molar-refractivity contribution in [2.24, 2.45) is 0 Å². The maximum atomic E-state index is 13.1. The number of fused-ring (bicyclic) bond motifs is 2. The van der Waals surface area contributed by atoms with Crippen LogP contribution in [0, 0.1) is 6.92 Å². The number of hydrogen-bond acceptors (Lipinski definition) is 5. The van der Waals surface area contributed by atoms with Crippen LogP contribution in [0.3, 0.4) is 0 Å². The fourth-order valence-electron chi connectivity index (χ4n) is 3.48. The van der Waals surface area contributed by atoms with E-state index in [0.29, 0.717) is 41.3 Å². The standard InChI is InChI=1S/C22H17N3O3/c1-13-20-18(21(26)23-17-8-7-15-11-27-12-16(15)9-17)10-19(24-22(20)28-25-13)14-5-3-2-4-6-14/h2-10H,11-12H2,1H3,(H,23,26). The van der Waals surface area contributed by atoms with Crippen molar-refractivity contribution < 1.29 is 14.1 Å². The minimum Gasteiger partial charge on any atom is -0.372 e. The Morgan fingerprint density at radius 3 is 2.71 bits per heavy atom. The number of nitrogens with one attached hydrogen (secondary N) is 1. The van der Waals surface area contributed by atoms with Gasteiger partial charge in [0, 0.05) is 11.3 Å². The van der Waals surface area contributed by atoms with Gasteiger partial charge in [-0.15, -0.1) is 0 Å². The molecule has 2 aromatic carbocycles. The van der Waals surface area contributed by atoms with E-state index in [-0.39, 0.29) is 5.91 Å². The van der Waals surface area contributed by atoms with E-state index in [2.05, 4.69) is 15.5 Å². The molecule has 0 unspecified atom stereocenters. The zero-order valence-corrected chi connectivity index (χ0v) is 15.2. The van der Waals surface area contributed by atoms with E-state index in [1.165, 1.54) is 0 Å². The molecule has 2 aromatic heterocycles.